The van der Waals surface area contributed by atoms with Gasteiger partial charge in [0, 0.05) is 0 Å². The minimum absolute atomic E-state index is 0.162. The molecule has 2 aromatic carbocycles. The lowest BCUT2D eigenvalue weighted by molar-refractivity contribution is -0.431. The molecule has 132 valence electrons. The number of methoxy groups -OCH3 is 1. The number of para-hydroxylation sites is 1. The number of carbonyl (C=O) groups excluding carboxylic acids is 2. The van der Waals surface area contributed by atoms with E-state index in [1.165, 1.54) is 12.1 Å². The Kier molecular flexibility index (Phi) is 4.29. The van der Waals surface area contributed by atoms with E-state index in [4.69, 9.17) is 9.47 Å². The smallest absolute Gasteiger partial charge is 0.359 e. The highest BCUT2D eigenvalue weighted by Crippen LogP contribution is 2.46. The Balaban J connectivity index is 2.27. The van der Waals surface area contributed by atoms with Gasteiger partial charge in [0.05, 0.1) is 17.6 Å². The van der Waals surface area contributed by atoms with Crippen LogP contribution in [0.2, 0.25) is 0 Å². The Bertz CT molecular complexity index is 907. The van der Waals surface area contributed by atoms with Gasteiger partial charge >= 0.3 is 5.97 Å². The number of ether oxygens (including phenoxy) is 2. The molecule has 0 radical (unpaired) electrons. The van der Waals surface area contributed by atoms with Crippen molar-refractivity contribution >= 4 is 11.8 Å². The van der Waals surface area contributed by atoms with Gasteiger partial charge in [-0.2, -0.15) is 0 Å². The molecule has 7 heteroatoms. The molecular formula is C19H15NO6. The maximum atomic E-state index is 13.2. The summed E-state index contributed by atoms with van der Waals surface area (Å²) in [4.78, 5) is 36.7. The third kappa shape index (κ3) is 2.45. The van der Waals surface area contributed by atoms with Crippen molar-refractivity contribution in [1.82, 2.24) is 0 Å². The molecule has 0 N–H and O–H groups in total. The molecule has 7 nitrogen and oxygen atoms in total. The average Bonchev–Trinajstić information content (AvgIpc) is 2.96. The molecule has 0 fully saturated rings. The van der Waals surface area contributed by atoms with Crippen molar-refractivity contribution in [3.8, 4) is 5.75 Å². The van der Waals surface area contributed by atoms with Gasteiger partial charge in [0.2, 0.25) is 5.78 Å². The van der Waals surface area contributed by atoms with Crippen LogP contribution in [0, 0.1) is 10.1 Å². The fourth-order valence-electron chi connectivity index (χ4n) is 3.17. The van der Waals surface area contributed by atoms with E-state index in [0.29, 0.717) is 5.56 Å². The zero-order valence-corrected chi connectivity index (χ0v) is 13.9. The molecule has 2 atom stereocenters. The summed E-state index contributed by atoms with van der Waals surface area (Å²) in [5.41, 5.74) is -2.28. The number of fused-ring (bicyclic) bond motifs is 1. The minimum atomic E-state index is -2.25. The third-order valence-corrected chi connectivity index (χ3v) is 4.34. The first-order chi connectivity index (χ1) is 12.4. The highest BCUT2D eigenvalue weighted by atomic mass is 16.6. The van der Waals surface area contributed by atoms with Crippen molar-refractivity contribution < 1.29 is 24.0 Å². The van der Waals surface area contributed by atoms with Gasteiger partial charge in [-0.3, -0.25) is 14.9 Å². The zero-order valence-electron chi connectivity index (χ0n) is 13.9. The summed E-state index contributed by atoms with van der Waals surface area (Å²) < 4.78 is 10.6. The van der Waals surface area contributed by atoms with Crippen LogP contribution in [0.1, 0.15) is 21.8 Å². The Morgan fingerprint density at radius 2 is 1.81 bits per heavy atom. The van der Waals surface area contributed by atoms with Crippen LogP contribution in [0.4, 0.5) is 0 Å². The number of nitrogens with zero attached hydrogens (tertiary/aromatic N) is 1. The van der Waals surface area contributed by atoms with Gasteiger partial charge in [-0.15, -0.1) is 0 Å². The van der Waals surface area contributed by atoms with Crippen molar-refractivity contribution in [2.24, 2.45) is 0 Å². The monoisotopic (exact) mass is 353 g/mol. The van der Waals surface area contributed by atoms with Crippen molar-refractivity contribution in [3.05, 3.63) is 88.1 Å². The van der Waals surface area contributed by atoms with Crippen LogP contribution in [-0.2, 0) is 9.53 Å². The lowest BCUT2D eigenvalue weighted by atomic mass is 9.76. The highest BCUT2D eigenvalue weighted by Gasteiger charge is 2.64. The highest BCUT2D eigenvalue weighted by molar-refractivity contribution is 6.20. The van der Waals surface area contributed by atoms with E-state index in [1.54, 1.807) is 42.5 Å². The van der Waals surface area contributed by atoms with Gasteiger partial charge in [-0.1, -0.05) is 42.5 Å². The van der Waals surface area contributed by atoms with E-state index in [9.17, 15) is 19.7 Å². The first kappa shape index (κ1) is 17.3. The van der Waals surface area contributed by atoms with Crippen molar-refractivity contribution in [2.75, 3.05) is 7.11 Å². The molecule has 0 amide bonds. The van der Waals surface area contributed by atoms with E-state index in [2.05, 4.69) is 6.58 Å². The van der Waals surface area contributed by atoms with E-state index < -0.39 is 33.9 Å². The van der Waals surface area contributed by atoms with Crippen LogP contribution >= 0.6 is 0 Å². The van der Waals surface area contributed by atoms with Crippen LogP contribution in [0.15, 0.2) is 66.9 Å². The Morgan fingerprint density at radius 1 is 1.19 bits per heavy atom. The molecule has 1 aliphatic rings. The number of hydrogen-bond donors (Lipinski definition) is 0. The number of nitro groups is 1. The normalized spacial score (nSPS) is 19.2. The maximum Gasteiger partial charge on any atom is 0.359 e. The zero-order chi connectivity index (χ0) is 18.9. The van der Waals surface area contributed by atoms with Crippen LogP contribution in [0.3, 0.4) is 0 Å². The Hall–Kier alpha value is -3.48. The van der Waals surface area contributed by atoms with Gasteiger partial charge in [-0.25, -0.2) is 4.79 Å². The molecule has 0 unspecified atom stereocenters. The predicted molar refractivity (Wildman–Crippen MR) is 91.5 cm³/mol. The van der Waals surface area contributed by atoms with Crippen LogP contribution in [0.25, 0.3) is 0 Å². The van der Waals surface area contributed by atoms with Gasteiger partial charge in [0.1, 0.15) is 11.7 Å². The van der Waals surface area contributed by atoms with Gasteiger partial charge in [0.15, 0.2) is 0 Å². The number of Topliss-reactive ketones (excluding diaryl/α,β-unsaturated/α-hetero) is 1. The van der Waals surface area contributed by atoms with Crippen molar-refractivity contribution in [3.63, 3.8) is 0 Å². The number of hydrogen-bond acceptors (Lipinski definition) is 6. The van der Waals surface area contributed by atoms with Crippen molar-refractivity contribution in [1.29, 1.82) is 0 Å². The summed E-state index contributed by atoms with van der Waals surface area (Å²) in [7, 11) is 1.10. The quantitative estimate of drug-likeness (QED) is 0.355. The van der Waals surface area contributed by atoms with E-state index >= 15 is 0 Å². The van der Waals surface area contributed by atoms with Crippen molar-refractivity contribution in [2.45, 2.75) is 11.5 Å². The molecule has 2 aromatic rings. The molecule has 1 aliphatic heterocycles. The number of esters is 1. The average molecular weight is 353 g/mol. The summed E-state index contributed by atoms with van der Waals surface area (Å²) in [5.74, 6) is -2.90. The fraction of sp³-hybridized carbons (Fsp3) is 0.158. The lowest BCUT2D eigenvalue weighted by Crippen LogP contribution is -2.54. The number of ketones is 1. The number of carbonyl (C=O) groups is 2. The topological polar surface area (TPSA) is 95.7 Å². The van der Waals surface area contributed by atoms with Crippen LogP contribution in [0.5, 0.6) is 5.75 Å². The summed E-state index contributed by atoms with van der Waals surface area (Å²) >= 11 is 0. The first-order valence-electron chi connectivity index (χ1n) is 7.73. The Morgan fingerprint density at radius 3 is 2.38 bits per heavy atom. The predicted octanol–water partition coefficient (Wildman–Crippen LogP) is 2.75. The summed E-state index contributed by atoms with van der Waals surface area (Å²) in [6, 6.07) is 14.4. The summed E-state index contributed by atoms with van der Waals surface area (Å²) in [6.07, 6.45) is 0. The fourth-order valence-corrected chi connectivity index (χ4v) is 3.17. The summed E-state index contributed by atoms with van der Waals surface area (Å²) in [6.45, 7) is 3.50. The molecule has 0 bridgehead atoms. The van der Waals surface area contributed by atoms with Gasteiger partial charge in [-0.05, 0) is 24.3 Å². The SMILES string of the molecule is C=C([C@H](c1ccccc1)[C@@]1(C(=O)OC)Oc2ccccc2C1=O)[N+](=O)[O-]. The molecular weight excluding hydrogens is 338 g/mol. The molecule has 0 aromatic heterocycles. The molecule has 0 saturated heterocycles. The second-order valence-corrected chi connectivity index (χ2v) is 5.75. The van der Waals surface area contributed by atoms with E-state index in [1.807, 2.05) is 0 Å². The van der Waals surface area contributed by atoms with Crippen LogP contribution < -0.4 is 4.74 Å². The lowest BCUT2D eigenvalue weighted by Gasteiger charge is -2.31. The van der Waals surface area contributed by atoms with E-state index in [-0.39, 0.29) is 11.3 Å². The second kappa shape index (κ2) is 6.44. The minimum Gasteiger partial charge on any atom is -0.466 e. The molecule has 0 saturated carbocycles. The third-order valence-electron chi connectivity index (χ3n) is 4.34. The summed E-state index contributed by atoms with van der Waals surface area (Å²) in [5, 5.41) is 11.5. The van der Waals surface area contributed by atoms with Crippen LogP contribution in [-0.4, -0.2) is 29.4 Å². The largest absolute Gasteiger partial charge is 0.466 e. The molecule has 3 rings (SSSR count). The molecule has 26 heavy (non-hydrogen) atoms. The molecule has 0 spiro atoms. The first-order valence-corrected chi connectivity index (χ1v) is 7.73. The Labute approximate surface area is 149 Å². The van der Waals surface area contributed by atoms with E-state index in [0.717, 1.165) is 7.11 Å². The number of rotatable bonds is 5. The maximum absolute atomic E-state index is 13.2. The number of benzene rings is 2. The molecule has 1 heterocycles. The standard InChI is InChI=1S/C19H15NO6/c1-12(20(23)24)16(13-8-4-3-5-9-13)19(18(22)25-2)17(21)14-10-6-7-11-15(14)26-19/h3-11,16H,1H2,2H3/t16-,19-/m1/s1. The molecule has 0 aliphatic carbocycles. The van der Waals surface area contributed by atoms with Gasteiger partial charge < -0.3 is 9.47 Å². The van der Waals surface area contributed by atoms with Gasteiger partial charge in [0.25, 0.3) is 11.3 Å². The second-order valence-electron chi connectivity index (χ2n) is 5.75.